The van der Waals surface area contributed by atoms with Crippen LogP contribution in [0.5, 0.6) is 0 Å². The van der Waals surface area contributed by atoms with E-state index in [0.717, 1.165) is 85.2 Å². The Balaban J connectivity index is 0.796. The molecule has 0 bridgehead atoms. The summed E-state index contributed by atoms with van der Waals surface area (Å²) in [4.78, 5) is 76.8. The molecule has 2 aromatic heterocycles. The van der Waals surface area contributed by atoms with Gasteiger partial charge in [-0.25, -0.2) is 9.78 Å². The second-order valence-electron chi connectivity index (χ2n) is 16.8. The number of urea groups is 1. The van der Waals surface area contributed by atoms with Gasteiger partial charge in [-0.1, -0.05) is 39.0 Å². The van der Waals surface area contributed by atoms with Crippen LogP contribution < -0.4 is 26.2 Å². The molecule has 2 aromatic carbocycles. The molecule has 6 heterocycles. The Bertz CT molecular complexity index is 2290. The van der Waals surface area contributed by atoms with Crippen molar-refractivity contribution >= 4 is 58.3 Å². The number of benzene rings is 2. The SMILES string of the molecule is CC[C@@H](CO)Nc1cc(NCc2ccc(NC(=O)N3CCN(CC4CCN(c5cccc6c5C(=O)N(C5CCC(=O)NC5=O)C6=O)CC4)CC3)cc2)n2ncc(C(C)C)c2n1. The van der Waals surface area contributed by atoms with Crippen molar-refractivity contribution in [1.29, 1.82) is 0 Å². The summed E-state index contributed by atoms with van der Waals surface area (Å²) in [5.41, 5.74) is 4.91. The fourth-order valence-electron chi connectivity index (χ4n) is 8.79. The van der Waals surface area contributed by atoms with Crippen molar-refractivity contribution in [2.24, 2.45) is 5.92 Å². The Morgan fingerprint density at radius 1 is 0.951 bits per heavy atom. The third kappa shape index (κ3) is 8.75. The molecule has 0 aliphatic carbocycles. The zero-order valence-corrected chi connectivity index (χ0v) is 35.0. The summed E-state index contributed by atoms with van der Waals surface area (Å²) >= 11 is 0. The van der Waals surface area contributed by atoms with Crippen LogP contribution >= 0.6 is 0 Å². The molecule has 2 atom stereocenters. The van der Waals surface area contributed by atoms with E-state index >= 15 is 0 Å². The van der Waals surface area contributed by atoms with E-state index in [1.165, 1.54) is 0 Å². The van der Waals surface area contributed by atoms with E-state index in [2.05, 4.69) is 50.0 Å². The minimum absolute atomic E-state index is 0.0111. The van der Waals surface area contributed by atoms with Gasteiger partial charge in [0.05, 0.1) is 35.7 Å². The molecule has 4 aliphatic heterocycles. The smallest absolute Gasteiger partial charge is 0.321 e. The molecule has 0 radical (unpaired) electrons. The number of imide groups is 2. The standard InChI is InChI=1S/C44H55N11O6/c1-4-30(26-56)47-36-22-37(55-40(49-36)33(24-46-55)27(2)3)45-23-28-8-10-31(11-9-28)48-44(61)53-20-18-51(19-21-53)25-29-14-16-52(17-15-29)34-7-5-6-32-39(34)43(60)54(42(32)59)35-12-13-38(57)50-41(35)58/h5-11,22,24,27,29-30,35,45,56H,4,12-21,23,25-26H2,1-3H3,(H,47,49)(H,48,61)(H,50,57,58)/t30-,35?/m0/s1. The summed E-state index contributed by atoms with van der Waals surface area (Å²) < 4.78 is 1.81. The summed E-state index contributed by atoms with van der Waals surface area (Å²) in [5, 5.41) is 26.5. The number of hydrogen-bond donors (Lipinski definition) is 5. The van der Waals surface area contributed by atoms with Gasteiger partial charge in [-0.15, -0.1) is 0 Å². The first kappa shape index (κ1) is 41.7. The van der Waals surface area contributed by atoms with Crippen LogP contribution in [0.15, 0.2) is 54.7 Å². The van der Waals surface area contributed by atoms with Crippen LogP contribution in [0.2, 0.25) is 0 Å². The van der Waals surface area contributed by atoms with Gasteiger partial charge in [0.1, 0.15) is 17.7 Å². The number of aliphatic hydroxyl groups excluding tert-OH is 1. The van der Waals surface area contributed by atoms with Gasteiger partial charge in [-0.2, -0.15) is 9.61 Å². The van der Waals surface area contributed by atoms with Crippen molar-refractivity contribution in [3.63, 3.8) is 0 Å². The normalized spacial score (nSPS) is 19.4. The predicted molar refractivity (Wildman–Crippen MR) is 231 cm³/mol. The zero-order valence-electron chi connectivity index (χ0n) is 35.0. The highest BCUT2D eigenvalue weighted by molar-refractivity contribution is 6.25. The molecule has 322 valence electrons. The van der Waals surface area contributed by atoms with E-state index in [0.29, 0.717) is 48.2 Å². The van der Waals surface area contributed by atoms with E-state index < -0.39 is 29.7 Å². The fraction of sp³-hybridized carbons (Fsp3) is 0.477. The first-order valence-electron chi connectivity index (χ1n) is 21.5. The number of carbonyl (C=O) groups is 5. The van der Waals surface area contributed by atoms with Crippen LogP contribution in [0.25, 0.3) is 5.65 Å². The lowest BCUT2D eigenvalue weighted by Crippen LogP contribution is -2.54. The molecule has 0 saturated carbocycles. The maximum atomic E-state index is 13.6. The first-order valence-corrected chi connectivity index (χ1v) is 21.5. The van der Waals surface area contributed by atoms with Gasteiger partial charge in [-0.3, -0.25) is 34.3 Å². The number of aliphatic hydroxyl groups is 1. The van der Waals surface area contributed by atoms with Crippen LogP contribution in [0.3, 0.4) is 0 Å². The van der Waals surface area contributed by atoms with Crippen molar-refractivity contribution in [1.82, 2.24) is 34.6 Å². The second-order valence-corrected chi connectivity index (χ2v) is 16.8. The quantitative estimate of drug-likeness (QED) is 0.121. The van der Waals surface area contributed by atoms with Crippen LogP contribution in [0, 0.1) is 5.92 Å². The molecule has 6 amide bonds. The van der Waals surface area contributed by atoms with Crippen LogP contribution in [0.4, 0.5) is 27.8 Å². The largest absolute Gasteiger partial charge is 0.394 e. The third-order valence-electron chi connectivity index (χ3n) is 12.4. The molecule has 61 heavy (non-hydrogen) atoms. The van der Waals surface area contributed by atoms with Crippen molar-refractivity contribution in [3.05, 3.63) is 77.0 Å². The number of aromatic nitrogens is 3. The molecule has 5 N–H and O–H groups in total. The molecule has 3 fully saturated rings. The molecule has 1 unspecified atom stereocenters. The highest BCUT2D eigenvalue weighted by atomic mass is 16.3. The van der Waals surface area contributed by atoms with E-state index in [1.54, 1.807) is 12.1 Å². The van der Waals surface area contributed by atoms with Crippen LogP contribution in [-0.4, -0.2) is 129 Å². The molecule has 17 nitrogen and oxygen atoms in total. The Hall–Kier alpha value is -6.07. The van der Waals surface area contributed by atoms with E-state index in [1.807, 2.05) is 58.9 Å². The number of hydrogen-bond acceptors (Lipinski definition) is 12. The predicted octanol–water partition coefficient (Wildman–Crippen LogP) is 4.11. The number of carbonyl (C=O) groups excluding carboxylic acids is 5. The Morgan fingerprint density at radius 2 is 1.70 bits per heavy atom. The summed E-state index contributed by atoms with van der Waals surface area (Å²) in [6.45, 7) is 12.0. The summed E-state index contributed by atoms with van der Waals surface area (Å²) in [5.74, 6) is 0.172. The molecule has 4 aliphatic rings. The minimum atomic E-state index is -0.992. The molecule has 4 aromatic rings. The molecule has 17 heteroatoms. The molecular formula is C44H55N11O6. The Kier molecular flexibility index (Phi) is 12.2. The van der Waals surface area contributed by atoms with Gasteiger partial charge in [-0.05, 0) is 67.3 Å². The van der Waals surface area contributed by atoms with E-state index in [-0.39, 0.29) is 37.4 Å². The topological polar surface area (TPSA) is 197 Å². The summed E-state index contributed by atoms with van der Waals surface area (Å²) in [7, 11) is 0. The molecular weight excluding hydrogens is 779 g/mol. The Labute approximate surface area is 354 Å². The highest BCUT2D eigenvalue weighted by Crippen LogP contribution is 2.36. The molecule has 8 rings (SSSR count). The lowest BCUT2D eigenvalue weighted by Gasteiger charge is -2.39. The fourth-order valence-corrected chi connectivity index (χ4v) is 8.79. The number of nitrogens with zero attached hydrogens (tertiary/aromatic N) is 7. The number of amides is 6. The highest BCUT2D eigenvalue weighted by Gasteiger charge is 2.46. The third-order valence-corrected chi connectivity index (χ3v) is 12.4. The van der Waals surface area contributed by atoms with Gasteiger partial charge < -0.3 is 30.9 Å². The van der Waals surface area contributed by atoms with Gasteiger partial charge in [0.15, 0.2) is 5.65 Å². The van der Waals surface area contributed by atoms with Gasteiger partial charge in [0.25, 0.3) is 11.8 Å². The maximum absolute atomic E-state index is 13.6. The number of rotatable bonds is 13. The van der Waals surface area contributed by atoms with Gasteiger partial charge in [0, 0.05) is 76.1 Å². The van der Waals surface area contributed by atoms with Crippen LogP contribution in [0.1, 0.15) is 90.6 Å². The second kappa shape index (κ2) is 17.9. The number of anilines is 4. The monoisotopic (exact) mass is 833 g/mol. The lowest BCUT2D eigenvalue weighted by atomic mass is 9.94. The van der Waals surface area contributed by atoms with Gasteiger partial charge in [0.2, 0.25) is 11.8 Å². The number of fused-ring (bicyclic) bond motifs is 2. The van der Waals surface area contributed by atoms with E-state index in [4.69, 9.17) is 4.98 Å². The average molecular weight is 834 g/mol. The Morgan fingerprint density at radius 3 is 2.39 bits per heavy atom. The maximum Gasteiger partial charge on any atom is 0.321 e. The average Bonchev–Trinajstić information content (AvgIpc) is 3.81. The number of piperidine rings is 2. The summed E-state index contributed by atoms with van der Waals surface area (Å²) in [6.07, 6.45) is 4.67. The molecule has 3 saturated heterocycles. The molecule has 0 spiro atoms. The van der Waals surface area contributed by atoms with Crippen LogP contribution in [-0.2, 0) is 16.1 Å². The summed E-state index contributed by atoms with van der Waals surface area (Å²) in [6, 6.07) is 13.8. The van der Waals surface area contributed by atoms with Gasteiger partial charge >= 0.3 is 6.03 Å². The first-order chi connectivity index (χ1) is 29.5. The van der Waals surface area contributed by atoms with Crippen molar-refractivity contribution in [2.45, 2.75) is 77.4 Å². The van der Waals surface area contributed by atoms with E-state index in [9.17, 15) is 29.1 Å². The number of piperazine rings is 1. The van der Waals surface area contributed by atoms with Crippen molar-refractivity contribution < 1.29 is 29.1 Å². The zero-order chi connectivity index (χ0) is 42.8. The minimum Gasteiger partial charge on any atom is -0.394 e. The number of nitrogens with one attached hydrogen (secondary N) is 4. The van der Waals surface area contributed by atoms with Crippen molar-refractivity contribution in [2.75, 3.05) is 73.3 Å². The lowest BCUT2D eigenvalue weighted by molar-refractivity contribution is -0.136. The van der Waals surface area contributed by atoms with Crippen molar-refractivity contribution in [3.8, 4) is 0 Å².